The molecule has 1 aliphatic rings. The second-order valence-electron chi connectivity index (χ2n) is 15.0. The Balaban J connectivity index is 1.41. The van der Waals surface area contributed by atoms with Crippen LogP contribution in [0.5, 0.6) is 0 Å². The fourth-order valence-electron chi connectivity index (χ4n) is 8.80. The zero-order valence-electron chi connectivity index (χ0n) is 29.0. The summed E-state index contributed by atoms with van der Waals surface area (Å²) >= 11 is 0. The average Bonchev–Trinajstić information content (AvgIpc) is 3.82. The van der Waals surface area contributed by atoms with Gasteiger partial charge >= 0.3 is 0 Å². The summed E-state index contributed by atoms with van der Waals surface area (Å²) in [6, 6.07) is 34.8. The highest BCUT2D eigenvalue weighted by molar-refractivity contribution is 6.27. The van der Waals surface area contributed by atoms with E-state index in [2.05, 4.69) is 175 Å². The van der Waals surface area contributed by atoms with Crippen LogP contribution in [0.25, 0.3) is 82.6 Å². The van der Waals surface area contributed by atoms with Crippen molar-refractivity contribution < 1.29 is 0 Å². The van der Waals surface area contributed by atoms with Gasteiger partial charge in [-0.25, -0.2) is 0 Å². The highest BCUT2D eigenvalue weighted by atomic mass is 15.0. The van der Waals surface area contributed by atoms with Gasteiger partial charge < -0.3 is 13.5 Å². The molecular formula is C47H39N3. The third kappa shape index (κ3) is 3.92. The first-order chi connectivity index (χ1) is 24.3. The minimum atomic E-state index is -0.00197. The first kappa shape index (κ1) is 29.1. The standard InChI is InChI=1S/C47H39N3/c1-6-7-20-33-29(2)48(31-16-10-8-11-17-31)42-27-44-37(25-35(33)42)39-23-30(47(3,4)5)24-40-38-26-36-34-21-14-15-22-41(34)49(32-18-12-9-13-19-32)43(36)28-45(38)50(44)46(39)40/h6-18,20-28,32H,1,19H2,2-5H3/b20-7-. The maximum absolute atomic E-state index is 3.98. The van der Waals surface area contributed by atoms with E-state index in [0.29, 0.717) is 0 Å². The monoisotopic (exact) mass is 645 g/mol. The molecule has 0 aliphatic heterocycles. The van der Waals surface area contributed by atoms with Crippen molar-refractivity contribution in [3.8, 4) is 5.69 Å². The number of para-hydroxylation sites is 2. The topological polar surface area (TPSA) is 14.3 Å². The molecule has 50 heavy (non-hydrogen) atoms. The molecule has 4 heterocycles. The number of nitrogens with zero attached hydrogens (tertiary/aromatic N) is 3. The Bertz CT molecular complexity index is 2950. The largest absolute Gasteiger partial charge is 0.333 e. The Morgan fingerprint density at radius 2 is 1.36 bits per heavy atom. The number of aromatic nitrogens is 3. The van der Waals surface area contributed by atoms with Crippen LogP contribution < -0.4 is 0 Å². The molecule has 0 amide bonds. The predicted octanol–water partition coefficient (Wildman–Crippen LogP) is 12.8. The second kappa shape index (κ2) is 10.4. The number of benzene rings is 5. The fraction of sp³-hybridized carbons (Fsp3) is 0.149. The lowest BCUT2D eigenvalue weighted by atomic mass is 9.85. The van der Waals surface area contributed by atoms with E-state index in [4.69, 9.17) is 0 Å². The van der Waals surface area contributed by atoms with Gasteiger partial charge in [0.1, 0.15) is 0 Å². The lowest BCUT2D eigenvalue weighted by Gasteiger charge is -2.19. The summed E-state index contributed by atoms with van der Waals surface area (Å²) in [4.78, 5) is 0. The minimum Gasteiger partial charge on any atom is -0.333 e. The molecule has 242 valence electrons. The van der Waals surface area contributed by atoms with Gasteiger partial charge in [-0.2, -0.15) is 0 Å². The molecule has 0 bridgehead atoms. The van der Waals surface area contributed by atoms with E-state index >= 15 is 0 Å². The van der Waals surface area contributed by atoms with Crippen LogP contribution in [0, 0.1) is 6.92 Å². The van der Waals surface area contributed by atoms with Crippen molar-refractivity contribution in [2.45, 2.75) is 45.6 Å². The van der Waals surface area contributed by atoms with E-state index in [1.165, 1.54) is 93.3 Å². The summed E-state index contributed by atoms with van der Waals surface area (Å²) in [5.74, 6) is 0. The fourth-order valence-corrected chi connectivity index (χ4v) is 8.80. The third-order valence-electron chi connectivity index (χ3n) is 11.2. The summed E-state index contributed by atoms with van der Waals surface area (Å²) in [5.41, 5.74) is 12.6. The molecule has 0 fully saturated rings. The molecule has 0 saturated heterocycles. The summed E-state index contributed by atoms with van der Waals surface area (Å²) in [7, 11) is 0. The van der Waals surface area contributed by atoms with Crippen LogP contribution in [0.2, 0.25) is 0 Å². The zero-order valence-corrected chi connectivity index (χ0v) is 29.0. The van der Waals surface area contributed by atoms with Crippen LogP contribution >= 0.6 is 0 Å². The molecule has 5 aromatic carbocycles. The van der Waals surface area contributed by atoms with Gasteiger partial charge in [-0.3, -0.25) is 0 Å². The molecule has 3 heteroatoms. The number of rotatable bonds is 4. The zero-order chi connectivity index (χ0) is 33.9. The number of hydrogen-bond donors (Lipinski definition) is 0. The van der Waals surface area contributed by atoms with E-state index in [1.807, 2.05) is 6.08 Å². The highest BCUT2D eigenvalue weighted by Crippen LogP contribution is 2.46. The molecule has 3 nitrogen and oxygen atoms in total. The Kier molecular flexibility index (Phi) is 6.04. The quantitative estimate of drug-likeness (QED) is 0.169. The summed E-state index contributed by atoms with van der Waals surface area (Å²) in [6.07, 6.45) is 16.1. The van der Waals surface area contributed by atoms with Crippen molar-refractivity contribution in [2.24, 2.45) is 0 Å². The van der Waals surface area contributed by atoms with Crippen molar-refractivity contribution in [1.29, 1.82) is 0 Å². The van der Waals surface area contributed by atoms with Gasteiger partial charge in [0.25, 0.3) is 0 Å². The van der Waals surface area contributed by atoms with Crippen LogP contribution in [0.3, 0.4) is 0 Å². The van der Waals surface area contributed by atoms with Crippen molar-refractivity contribution in [2.75, 3.05) is 0 Å². The van der Waals surface area contributed by atoms with Gasteiger partial charge in [-0.05, 0) is 78.9 Å². The molecule has 0 radical (unpaired) electrons. The highest BCUT2D eigenvalue weighted by Gasteiger charge is 2.26. The molecule has 1 atom stereocenters. The minimum absolute atomic E-state index is 0.00197. The van der Waals surface area contributed by atoms with Gasteiger partial charge in [0.2, 0.25) is 0 Å². The Morgan fingerprint density at radius 1 is 0.680 bits per heavy atom. The average molecular weight is 646 g/mol. The van der Waals surface area contributed by atoms with Crippen LogP contribution in [0.1, 0.15) is 50.1 Å². The van der Waals surface area contributed by atoms with E-state index in [1.54, 1.807) is 0 Å². The molecule has 0 N–H and O–H groups in total. The van der Waals surface area contributed by atoms with Crippen molar-refractivity contribution in [1.82, 2.24) is 13.5 Å². The van der Waals surface area contributed by atoms with Crippen LogP contribution in [-0.2, 0) is 5.41 Å². The maximum Gasteiger partial charge on any atom is 0.0620 e. The number of fused-ring (bicyclic) bond motifs is 10. The molecule has 9 aromatic rings. The maximum atomic E-state index is 3.98. The summed E-state index contributed by atoms with van der Waals surface area (Å²) < 4.78 is 7.55. The second-order valence-corrected chi connectivity index (χ2v) is 15.0. The molecule has 1 unspecified atom stereocenters. The number of hydrogen-bond acceptors (Lipinski definition) is 0. The van der Waals surface area contributed by atoms with Crippen LogP contribution in [0.15, 0.2) is 134 Å². The first-order valence-corrected chi connectivity index (χ1v) is 17.8. The molecule has 4 aromatic heterocycles. The van der Waals surface area contributed by atoms with Gasteiger partial charge in [0.15, 0.2) is 0 Å². The molecular weight excluding hydrogens is 607 g/mol. The third-order valence-corrected chi connectivity index (χ3v) is 11.2. The predicted molar refractivity (Wildman–Crippen MR) is 216 cm³/mol. The normalized spacial score (nSPS) is 15.6. The van der Waals surface area contributed by atoms with E-state index in [9.17, 15) is 0 Å². The molecule has 10 rings (SSSR count). The van der Waals surface area contributed by atoms with E-state index in [-0.39, 0.29) is 11.5 Å². The smallest absolute Gasteiger partial charge is 0.0620 e. The van der Waals surface area contributed by atoms with E-state index < -0.39 is 0 Å². The molecule has 0 spiro atoms. The van der Waals surface area contributed by atoms with Crippen LogP contribution in [0.4, 0.5) is 0 Å². The Morgan fingerprint density at radius 3 is 2.06 bits per heavy atom. The lowest BCUT2D eigenvalue weighted by molar-refractivity contribution is 0.592. The Labute approximate surface area is 291 Å². The van der Waals surface area contributed by atoms with Gasteiger partial charge in [-0.1, -0.05) is 106 Å². The van der Waals surface area contributed by atoms with Gasteiger partial charge in [0.05, 0.1) is 33.6 Å². The van der Waals surface area contributed by atoms with Crippen molar-refractivity contribution in [3.05, 3.63) is 151 Å². The van der Waals surface area contributed by atoms with Gasteiger partial charge in [-0.15, -0.1) is 0 Å². The summed E-state index contributed by atoms with van der Waals surface area (Å²) in [6.45, 7) is 13.2. The molecule has 1 aliphatic carbocycles. The molecule has 0 saturated carbocycles. The lowest BCUT2D eigenvalue weighted by Crippen LogP contribution is -2.10. The van der Waals surface area contributed by atoms with E-state index in [0.717, 1.165) is 6.42 Å². The summed E-state index contributed by atoms with van der Waals surface area (Å²) in [5, 5.41) is 9.16. The first-order valence-electron chi connectivity index (χ1n) is 17.8. The van der Waals surface area contributed by atoms with Crippen LogP contribution in [-0.4, -0.2) is 13.5 Å². The number of allylic oxidation sites excluding steroid dienone is 6. The Hall–Kier alpha value is -5.80. The SMILES string of the molecule is C=C/C=C\c1c(C)n(-c2ccccc2)c2cc3c(cc12)c1cc(C(C)(C)C)cc2c4cc5c6ccccc6n(C6C=CC=CC6)c5cc4n3c12. The van der Waals surface area contributed by atoms with Crippen molar-refractivity contribution in [3.63, 3.8) is 0 Å². The van der Waals surface area contributed by atoms with Gasteiger partial charge in [0, 0.05) is 60.2 Å². The van der Waals surface area contributed by atoms with Crippen molar-refractivity contribution >= 4 is 76.9 Å².